The number of likely N-dealkylation sites (tertiary alicyclic amines) is 1. The van der Waals surface area contributed by atoms with Crippen LogP contribution in [-0.4, -0.2) is 30.1 Å². The van der Waals surface area contributed by atoms with Crippen LogP contribution in [0.3, 0.4) is 0 Å². The van der Waals surface area contributed by atoms with Crippen molar-refractivity contribution >= 4 is 0 Å². The summed E-state index contributed by atoms with van der Waals surface area (Å²) in [7, 11) is 0. The van der Waals surface area contributed by atoms with E-state index in [2.05, 4.69) is 17.9 Å². The third kappa shape index (κ3) is 2.37. The number of hydrogen-bond donors (Lipinski definition) is 1. The number of piperidine rings is 1. The fourth-order valence-electron chi connectivity index (χ4n) is 2.57. The van der Waals surface area contributed by atoms with Crippen LogP contribution in [0.1, 0.15) is 39.0 Å². The molecule has 80 valence electrons. The lowest BCUT2D eigenvalue weighted by molar-refractivity contribution is 0.158. The smallest absolute Gasteiger partial charge is 0.0196 e. The predicted octanol–water partition coefficient (Wildman–Crippen LogP) is 1.91. The Bertz CT molecular complexity index is 222. The molecule has 0 spiro atoms. The van der Waals surface area contributed by atoms with Crippen molar-refractivity contribution in [1.29, 1.82) is 0 Å². The van der Waals surface area contributed by atoms with Gasteiger partial charge in [-0.1, -0.05) is 11.6 Å². The molecule has 2 aliphatic rings. The fourth-order valence-corrected chi connectivity index (χ4v) is 2.57. The quantitative estimate of drug-likeness (QED) is 0.680. The van der Waals surface area contributed by atoms with Crippen molar-refractivity contribution in [1.82, 2.24) is 4.90 Å². The van der Waals surface area contributed by atoms with E-state index in [-0.39, 0.29) is 0 Å². The highest BCUT2D eigenvalue weighted by Crippen LogP contribution is 2.22. The lowest BCUT2D eigenvalue weighted by Gasteiger charge is -2.36. The Labute approximate surface area is 87.2 Å². The number of rotatable bonds is 2. The van der Waals surface area contributed by atoms with Crippen molar-refractivity contribution in [2.75, 3.05) is 13.1 Å². The zero-order valence-electron chi connectivity index (χ0n) is 9.21. The fraction of sp³-hybridized carbons (Fsp3) is 0.833. The molecule has 0 amide bonds. The topological polar surface area (TPSA) is 29.3 Å². The summed E-state index contributed by atoms with van der Waals surface area (Å²) in [5.41, 5.74) is 7.64. The van der Waals surface area contributed by atoms with Crippen LogP contribution in [0.4, 0.5) is 0 Å². The van der Waals surface area contributed by atoms with Gasteiger partial charge in [0.25, 0.3) is 0 Å². The van der Waals surface area contributed by atoms with E-state index < -0.39 is 0 Å². The van der Waals surface area contributed by atoms with Gasteiger partial charge < -0.3 is 5.73 Å². The summed E-state index contributed by atoms with van der Waals surface area (Å²) in [4.78, 5) is 2.56. The maximum atomic E-state index is 6.00. The van der Waals surface area contributed by atoms with E-state index in [1.807, 2.05) is 0 Å². The van der Waals surface area contributed by atoms with E-state index in [1.54, 1.807) is 5.57 Å². The van der Waals surface area contributed by atoms with Crippen molar-refractivity contribution in [3.63, 3.8) is 0 Å². The van der Waals surface area contributed by atoms with Gasteiger partial charge >= 0.3 is 0 Å². The van der Waals surface area contributed by atoms with Gasteiger partial charge in [0.15, 0.2) is 0 Å². The van der Waals surface area contributed by atoms with E-state index in [9.17, 15) is 0 Å². The second-order valence-corrected chi connectivity index (χ2v) is 4.87. The third-order valence-electron chi connectivity index (χ3n) is 3.59. The second kappa shape index (κ2) is 4.45. The molecule has 2 heteroatoms. The Kier molecular flexibility index (Phi) is 3.24. The van der Waals surface area contributed by atoms with Gasteiger partial charge in [0.05, 0.1) is 0 Å². The highest BCUT2D eigenvalue weighted by Gasteiger charge is 2.23. The van der Waals surface area contributed by atoms with Crippen LogP contribution < -0.4 is 5.73 Å². The van der Waals surface area contributed by atoms with Crippen molar-refractivity contribution < 1.29 is 0 Å². The van der Waals surface area contributed by atoms with Gasteiger partial charge in [-0.2, -0.15) is 0 Å². The molecule has 2 N–H and O–H groups in total. The molecular weight excluding hydrogens is 172 g/mol. The standard InChI is InChI=1S/C12H22N2/c1-10-6-7-12(13)9-14(10)8-11-4-2-3-5-11/h4,10,12H,2-3,5-9,13H2,1H3. The van der Waals surface area contributed by atoms with E-state index >= 15 is 0 Å². The molecule has 0 aromatic rings. The van der Waals surface area contributed by atoms with Gasteiger partial charge in [-0.3, -0.25) is 4.90 Å². The number of allylic oxidation sites excluding steroid dienone is 1. The summed E-state index contributed by atoms with van der Waals surface area (Å²) in [5, 5.41) is 0. The lowest BCUT2D eigenvalue weighted by atomic mass is 9.99. The number of nitrogens with two attached hydrogens (primary N) is 1. The van der Waals surface area contributed by atoms with Crippen molar-refractivity contribution in [2.45, 2.75) is 51.1 Å². The molecule has 2 rings (SSSR count). The van der Waals surface area contributed by atoms with Crippen LogP contribution in [0.15, 0.2) is 11.6 Å². The number of hydrogen-bond acceptors (Lipinski definition) is 2. The average Bonchev–Trinajstić information content (AvgIpc) is 2.64. The molecule has 0 saturated carbocycles. The zero-order valence-corrected chi connectivity index (χ0v) is 9.21. The Hall–Kier alpha value is -0.340. The van der Waals surface area contributed by atoms with Gasteiger partial charge in [-0.05, 0) is 39.0 Å². The molecule has 1 saturated heterocycles. The average molecular weight is 194 g/mol. The maximum Gasteiger partial charge on any atom is 0.0196 e. The Morgan fingerprint density at radius 3 is 3.07 bits per heavy atom. The van der Waals surface area contributed by atoms with Crippen LogP contribution in [0, 0.1) is 0 Å². The summed E-state index contributed by atoms with van der Waals surface area (Å²) >= 11 is 0. The summed E-state index contributed by atoms with van der Waals surface area (Å²) in [6.45, 7) is 4.61. The van der Waals surface area contributed by atoms with E-state index in [4.69, 9.17) is 5.73 Å². The van der Waals surface area contributed by atoms with Crippen LogP contribution >= 0.6 is 0 Å². The highest BCUT2D eigenvalue weighted by atomic mass is 15.2. The number of nitrogens with zero attached hydrogens (tertiary/aromatic N) is 1. The molecule has 2 nitrogen and oxygen atoms in total. The summed E-state index contributed by atoms with van der Waals surface area (Å²) in [6, 6.07) is 1.14. The maximum absolute atomic E-state index is 6.00. The molecule has 1 aliphatic heterocycles. The molecule has 1 aliphatic carbocycles. The minimum absolute atomic E-state index is 0.410. The summed E-state index contributed by atoms with van der Waals surface area (Å²) < 4.78 is 0. The monoisotopic (exact) mass is 194 g/mol. The van der Waals surface area contributed by atoms with Crippen molar-refractivity contribution in [3.05, 3.63) is 11.6 Å². The second-order valence-electron chi connectivity index (χ2n) is 4.87. The van der Waals surface area contributed by atoms with Crippen LogP contribution in [-0.2, 0) is 0 Å². The van der Waals surface area contributed by atoms with Crippen LogP contribution in [0.5, 0.6) is 0 Å². The van der Waals surface area contributed by atoms with Gasteiger partial charge in [0.2, 0.25) is 0 Å². The molecule has 1 heterocycles. The molecule has 0 bridgehead atoms. The van der Waals surface area contributed by atoms with E-state index in [0.29, 0.717) is 6.04 Å². The Morgan fingerprint density at radius 1 is 1.50 bits per heavy atom. The lowest BCUT2D eigenvalue weighted by Crippen LogP contribution is -2.47. The molecule has 14 heavy (non-hydrogen) atoms. The SMILES string of the molecule is CC1CCC(N)CN1CC1=CCCC1. The predicted molar refractivity (Wildman–Crippen MR) is 60.2 cm³/mol. The Balaban J connectivity index is 1.88. The van der Waals surface area contributed by atoms with Crippen LogP contribution in [0.25, 0.3) is 0 Å². The highest BCUT2D eigenvalue weighted by molar-refractivity contribution is 5.10. The molecule has 0 aromatic carbocycles. The first-order valence-electron chi connectivity index (χ1n) is 5.93. The first-order chi connectivity index (χ1) is 6.75. The minimum atomic E-state index is 0.410. The van der Waals surface area contributed by atoms with Gasteiger partial charge in [-0.25, -0.2) is 0 Å². The molecule has 2 unspecified atom stereocenters. The summed E-state index contributed by atoms with van der Waals surface area (Å²) in [5.74, 6) is 0. The zero-order chi connectivity index (χ0) is 9.97. The van der Waals surface area contributed by atoms with E-state index in [0.717, 1.165) is 12.6 Å². The Morgan fingerprint density at radius 2 is 2.36 bits per heavy atom. The largest absolute Gasteiger partial charge is 0.327 e. The van der Waals surface area contributed by atoms with Crippen molar-refractivity contribution in [3.8, 4) is 0 Å². The first-order valence-corrected chi connectivity index (χ1v) is 5.93. The first kappa shape index (κ1) is 10.2. The van der Waals surface area contributed by atoms with Crippen molar-refractivity contribution in [2.24, 2.45) is 5.73 Å². The van der Waals surface area contributed by atoms with Crippen LogP contribution in [0.2, 0.25) is 0 Å². The summed E-state index contributed by atoms with van der Waals surface area (Å²) in [6.07, 6.45) is 8.88. The van der Waals surface area contributed by atoms with E-state index in [1.165, 1.54) is 38.6 Å². The normalized spacial score (nSPS) is 34.6. The third-order valence-corrected chi connectivity index (χ3v) is 3.59. The van der Waals surface area contributed by atoms with Gasteiger partial charge in [0, 0.05) is 25.2 Å². The minimum Gasteiger partial charge on any atom is -0.327 e. The molecule has 0 radical (unpaired) electrons. The van der Waals surface area contributed by atoms with Gasteiger partial charge in [0.1, 0.15) is 0 Å². The molecule has 1 fully saturated rings. The molecule has 0 aromatic heterocycles. The molecular formula is C12H22N2. The molecule has 2 atom stereocenters. The van der Waals surface area contributed by atoms with Gasteiger partial charge in [-0.15, -0.1) is 0 Å².